The maximum Gasteiger partial charge on any atom is 0.245 e. The fourth-order valence-electron chi connectivity index (χ4n) is 4.13. The number of benzene rings is 1. The molecule has 0 spiro atoms. The molecule has 1 N–H and O–H groups in total. The van der Waals surface area contributed by atoms with E-state index in [0.717, 1.165) is 12.1 Å². The Morgan fingerprint density at radius 2 is 1.84 bits per heavy atom. The van der Waals surface area contributed by atoms with Crippen LogP contribution in [0.5, 0.6) is 0 Å². The lowest BCUT2D eigenvalue weighted by Gasteiger charge is -2.21. The van der Waals surface area contributed by atoms with Crippen molar-refractivity contribution in [1.29, 1.82) is 0 Å². The molecule has 1 saturated carbocycles. The Balaban J connectivity index is 1.70. The maximum absolute atomic E-state index is 13.4. The first kappa shape index (κ1) is 24.0. The number of hydrogen-bond acceptors (Lipinski definition) is 3. The van der Waals surface area contributed by atoms with Crippen LogP contribution in [0.4, 0.5) is 10.2 Å². The van der Waals surface area contributed by atoms with Crippen LogP contribution in [0.2, 0.25) is 0 Å². The minimum absolute atomic E-state index is 0.000547. The molecule has 174 valence electrons. The molecule has 1 heterocycles. The summed E-state index contributed by atoms with van der Waals surface area (Å²) in [4.78, 5) is 27.1. The Hall–Kier alpha value is -2.70. The molecule has 0 radical (unpaired) electrons. The lowest BCUT2D eigenvalue weighted by Crippen LogP contribution is -2.38. The van der Waals surface area contributed by atoms with Crippen molar-refractivity contribution in [2.45, 2.75) is 71.6 Å². The summed E-state index contributed by atoms with van der Waals surface area (Å²) in [6, 6.07) is 7.80. The molecule has 6 nitrogen and oxygen atoms in total. The van der Waals surface area contributed by atoms with E-state index in [0.29, 0.717) is 30.4 Å². The average molecular weight is 443 g/mol. The highest BCUT2D eigenvalue weighted by molar-refractivity contribution is 5.94. The molecule has 2 aromatic rings. The second-order valence-electron chi connectivity index (χ2n) is 9.70. The largest absolute Gasteiger partial charge is 0.334 e. The monoisotopic (exact) mass is 442 g/mol. The summed E-state index contributed by atoms with van der Waals surface area (Å²) < 4.78 is 15.0. The van der Waals surface area contributed by atoms with E-state index in [9.17, 15) is 14.0 Å². The van der Waals surface area contributed by atoms with E-state index >= 15 is 0 Å². The van der Waals surface area contributed by atoms with Crippen molar-refractivity contribution in [1.82, 2.24) is 14.7 Å². The van der Waals surface area contributed by atoms with Crippen molar-refractivity contribution >= 4 is 17.6 Å². The van der Waals surface area contributed by atoms with Gasteiger partial charge in [-0.25, -0.2) is 9.07 Å². The number of anilines is 1. The van der Waals surface area contributed by atoms with Crippen LogP contribution in [0.3, 0.4) is 0 Å². The van der Waals surface area contributed by atoms with Gasteiger partial charge in [-0.3, -0.25) is 9.59 Å². The number of nitrogens with zero attached hydrogens (tertiary/aromatic N) is 3. The van der Waals surface area contributed by atoms with Gasteiger partial charge in [0.1, 0.15) is 11.6 Å². The lowest BCUT2D eigenvalue weighted by atomic mass is 9.92. The van der Waals surface area contributed by atoms with Crippen molar-refractivity contribution in [2.24, 2.45) is 5.92 Å². The summed E-state index contributed by atoms with van der Waals surface area (Å²) >= 11 is 0. The molecule has 32 heavy (non-hydrogen) atoms. The maximum atomic E-state index is 13.4. The first-order valence-corrected chi connectivity index (χ1v) is 11.6. The number of carbonyl (C=O) groups excluding carboxylic acids is 2. The average Bonchev–Trinajstić information content (AvgIpc) is 3.40. The summed E-state index contributed by atoms with van der Waals surface area (Å²) in [5.74, 6) is 0.562. The van der Waals surface area contributed by atoms with Crippen LogP contribution in [0.25, 0.3) is 5.69 Å². The van der Waals surface area contributed by atoms with E-state index in [2.05, 4.69) is 10.4 Å². The van der Waals surface area contributed by atoms with Gasteiger partial charge in [-0.15, -0.1) is 0 Å². The fraction of sp³-hybridized carbons (Fsp3) is 0.560. The number of halogens is 1. The van der Waals surface area contributed by atoms with Gasteiger partial charge in [0.25, 0.3) is 0 Å². The topological polar surface area (TPSA) is 67.2 Å². The van der Waals surface area contributed by atoms with Gasteiger partial charge in [-0.2, -0.15) is 5.10 Å². The SMILES string of the molecule is CCN(CC(=O)Nc1cc(C(C)(C)C)nn1-c1ccc(F)cc1)C(=O)CCC1CCCC1. The normalized spacial score (nSPS) is 14.5. The molecule has 1 aromatic heterocycles. The van der Waals surface area contributed by atoms with Crippen molar-refractivity contribution in [3.05, 3.63) is 41.8 Å². The van der Waals surface area contributed by atoms with Crippen molar-refractivity contribution < 1.29 is 14.0 Å². The van der Waals surface area contributed by atoms with Gasteiger partial charge in [0, 0.05) is 24.4 Å². The molecule has 0 unspecified atom stereocenters. The van der Waals surface area contributed by atoms with Gasteiger partial charge in [-0.1, -0.05) is 46.5 Å². The predicted molar refractivity (Wildman–Crippen MR) is 124 cm³/mol. The van der Waals surface area contributed by atoms with Gasteiger partial charge in [0.05, 0.1) is 17.9 Å². The zero-order valence-electron chi connectivity index (χ0n) is 19.7. The van der Waals surface area contributed by atoms with Gasteiger partial charge in [-0.05, 0) is 43.5 Å². The Bertz CT molecular complexity index is 924. The minimum Gasteiger partial charge on any atom is -0.334 e. The van der Waals surface area contributed by atoms with Crippen LogP contribution in [0.15, 0.2) is 30.3 Å². The van der Waals surface area contributed by atoms with Crippen LogP contribution in [0, 0.1) is 11.7 Å². The first-order chi connectivity index (χ1) is 15.2. The summed E-state index contributed by atoms with van der Waals surface area (Å²) in [7, 11) is 0. The summed E-state index contributed by atoms with van der Waals surface area (Å²) in [6.07, 6.45) is 6.34. The number of amides is 2. The highest BCUT2D eigenvalue weighted by Crippen LogP contribution is 2.29. The highest BCUT2D eigenvalue weighted by atomic mass is 19.1. The molecule has 1 aliphatic carbocycles. The number of rotatable bonds is 8. The summed E-state index contributed by atoms with van der Waals surface area (Å²) in [5, 5.41) is 7.55. The highest BCUT2D eigenvalue weighted by Gasteiger charge is 2.23. The zero-order valence-corrected chi connectivity index (χ0v) is 19.7. The van der Waals surface area contributed by atoms with Crippen LogP contribution in [-0.2, 0) is 15.0 Å². The molecule has 0 saturated heterocycles. The van der Waals surface area contributed by atoms with E-state index < -0.39 is 0 Å². The number of nitrogens with one attached hydrogen (secondary N) is 1. The molecular weight excluding hydrogens is 407 g/mol. The fourth-order valence-corrected chi connectivity index (χ4v) is 4.13. The second-order valence-corrected chi connectivity index (χ2v) is 9.70. The molecule has 7 heteroatoms. The molecule has 2 amide bonds. The van der Waals surface area contributed by atoms with Crippen molar-refractivity contribution in [3.63, 3.8) is 0 Å². The van der Waals surface area contributed by atoms with Gasteiger partial charge >= 0.3 is 0 Å². The Labute approximate surface area is 190 Å². The van der Waals surface area contributed by atoms with E-state index in [1.54, 1.807) is 21.7 Å². The van der Waals surface area contributed by atoms with Crippen LogP contribution >= 0.6 is 0 Å². The standard InChI is InChI=1S/C25H35FN4O2/c1-5-29(24(32)15-10-18-8-6-7-9-18)17-23(31)27-22-16-21(25(2,3)4)28-30(22)20-13-11-19(26)12-14-20/h11-14,16,18H,5-10,15,17H2,1-4H3,(H,27,31). The third-order valence-corrected chi connectivity index (χ3v) is 6.13. The molecule has 0 bridgehead atoms. The third-order valence-electron chi connectivity index (χ3n) is 6.13. The Morgan fingerprint density at radius 1 is 1.19 bits per heavy atom. The third kappa shape index (κ3) is 6.17. The quantitative estimate of drug-likeness (QED) is 0.621. The van der Waals surface area contributed by atoms with E-state index in [1.807, 2.05) is 33.8 Å². The second kappa shape index (κ2) is 10.3. The van der Waals surface area contributed by atoms with Gasteiger partial charge in [0.2, 0.25) is 11.8 Å². The first-order valence-electron chi connectivity index (χ1n) is 11.6. The van der Waals surface area contributed by atoms with Crippen LogP contribution < -0.4 is 5.32 Å². The molecule has 0 aliphatic heterocycles. The summed E-state index contributed by atoms with van der Waals surface area (Å²) in [5.41, 5.74) is 1.23. The number of aromatic nitrogens is 2. The van der Waals surface area contributed by atoms with Crippen LogP contribution in [-0.4, -0.2) is 39.6 Å². The number of likely N-dealkylation sites (N-methyl/N-ethyl adjacent to an activating group) is 1. The van der Waals surface area contributed by atoms with E-state index in [4.69, 9.17) is 0 Å². The van der Waals surface area contributed by atoms with Crippen molar-refractivity contribution in [2.75, 3.05) is 18.4 Å². The predicted octanol–water partition coefficient (Wildman–Crippen LogP) is 5.07. The van der Waals surface area contributed by atoms with E-state index in [-0.39, 0.29) is 29.6 Å². The summed E-state index contributed by atoms with van der Waals surface area (Å²) in [6.45, 7) is 8.50. The molecule has 1 aliphatic rings. The van der Waals surface area contributed by atoms with E-state index in [1.165, 1.54) is 37.8 Å². The minimum atomic E-state index is -0.336. The Kier molecular flexibility index (Phi) is 7.69. The lowest BCUT2D eigenvalue weighted by molar-refractivity contribution is -0.134. The number of carbonyl (C=O) groups is 2. The van der Waals surface area contributed by atoms with Crippen LogP contribution in [0.1, 0.15) is 71.9 Å². The smallest absolute Gasteiger partial charge is 0.245 e. The Morgan fingerprint density at radius 3 is 2.44 bits per heavy atom. The van der Waals surface area contributed by atoms with Gasteiger partial charge in [0.15, 0.2) is 0 Å². The van der Waals surface area contributed by atoms with Gasteiger partial charge < -0.3 is 10.2 Å². The molecule has 3 rings (SSSR count). The molecular formula is C25H35FN4O2. The molecule has 0 atom stereocenters. The zero-order chi connectivity index (χ0) is 23.3. The molecule has 1 aromatic carbocycles. The number of hydrogen-bond donors (Lipinski definition) is 1. The van der Waals surface area contributed by atoms with Crippen molar-refractivity contribution in [3.8, 4) is 5.69 Å². The molecule has 1 fully saturated rings.